The number of likely N-dealkylation sites (tertiary alicyclic amines) is 1. The average molecular weight is 535 g/mol. The predicted molar refractivity (Wildman–Crippen MR) is 140 cm³/mol. The quantitative estimate of drug-likeness (QED) is 0.400. The molecule has 0 atom stereocenters. The van der Waals surface area contributed by atoms with E-state index in [1.165, 1.54) is 17.0 Å². The lowest BCUT2D eigenvalue weighted by Gasteiger charge is -2.29. The summed E-state index contributed by atoms with van der Waals surface area (Å²) in [5.41, 5.74) is 3.54. The van der Waals surface area contributed by atoms with E-state index in [1.54, 1.807) is 24.5 Å². The van der Waals surface area contributed by atoms with E-state index in [-0.39, 0.29) is 18.2 Å². The summed E-state index contributed by atoms with van der Waals surface area (Å²) in [5.74, 6) is -1.18. The number of para-hydroxylation sites is 1. The van der Waals surface area contributed by atoms with Crippen LogP contribution in [0.5, 0.6) is 0 Å². The average Bonchev–Trinajstić information content (AvgIpc) is 3.45. The molecule has 0 radical (unpaired) electrons. The molecule has 202 valence electrons. The van der Waals surface area contributed by atoms with Crippen LogP contribution in [0.25, 0.3) is 33.4 Å². The molecule has 39 heavy (non-hydrogen) atoms. The van der Waals surface area contributed by atoms with Gasteiger partial charge in [0.2, 0.25) is 0 Å². The molecule has 0 saturated carbocycles. The molecule has 6 rings (SSSR count). The van der Waals surface area contributed by atoms with Crippen LogP contribution in [0.2, 0.25) is 0 Å². The summed E-state index contributed by atoms with van der Waals surface area (Å²) in [5, 5.41) is 13.7. The first kappa shape index (κ1) is 25.3. The Hall–Kier alpha value is -3.96. The molecule has 0 unspecified atom stereocenters. The zero-order valence-electron chi connectivity index (χ0n) is 21.3. The third-order valence-electron chi connectivity index (χ3n) is 7.52. The van der Waals surface area contributed by atoms with E-state index in [9.17, 15) is 9.90 Å². The molecule has 1 N–H and O–H groups in total. The molecule has 0 spiro atoms. The highest BCUT2D eigenvalue weighted by molar-refractivity contribution is 5.92. The van der Waals surface area contributed by atoms with Crippen molar-refractivity contribution >= 4 is 17.1 Å². The molecule has 4 aromatic rings. The number of amides is 1. The molecular formula is C28H28F2N6O3. The molecule has 2 saturated heterocycles. The number of hydrogen-bond acceptors (Lipinski definition) is 6. The van der Waals surface area contributed by atoms with Crippen LogP contribution in [-0.4, -0.2) is 80.1 Å². The molecule has 4 heterocycles. The number of carboxylic acid groups (broad SMARTS) is 1. The lowest BCUT2D eigenvalue weighted by Crippen LogP contribution is -2.38. The summed E-state index contributed by atoms with van der Waals surface area (Å²) in [4.78, 5) is 24.0. The Balaban J connectivity index is 1.28. The summed E-state index contributed by atoms with van der Waals surface area (Å²) in [7, 11) is 0. The highest BCUT2D eigenvalue weighted by atomic mass is 19.1. The topological polar surface area (TPSA) is 96.6 Å². The van der Waals surface area contributed by atoms with Gasteiger partial charge in [0.05, 0.1) is 48.4 Å². The number of morpholine rings is 1. The van der Waals surface area contributed by atoms with Gasteiger partial charge in [-0.2, -0.15) is 5.10 Å². The Morgan fingerprint density at radius 2 is 1.77 bits per heavy atom. The van der Waals surface area contributed by atoms with E-state index < -0.39 is 17.7 Å². The highest BCUT2D eigenvalue weighted by Gasteiger charge is 2.24. The van der Waals surface area contributed by atoms with Crippen LogP contribution >= 0.6 is 0 Å². The Morgan fingerprint density at radius 3 is 2.49 bits per heavy atom. The normalized spacial score (nSPS) is 17.1. The minimum atomic E-state index is -0.900. The summed E-state index contributed by atoms with van der Waals surface area (Å²) in [6, 6.07) is 8.23. The third-order valence-corrected chi connectivity index (χ3v) is 7.52. The molecule has 1 amide bonds. The fraction of sp³-hybridized carbons (Fsp3) is 0.357. The van der Waals surface area contributed by atoms with Crippen LogP contribution < -0.4 is 0 Å². The van der Waals surface area contributed by atoms with Crippen molar-refractivity contribution in [1.29, 1.82) is 0 Å². The van der Waals surface area contributed by atoms with Crippen LogP contribution in [0.1, 0.15) is 24.4 Å². The van der Waals surface area contributed by atoms with Gasteiger partial charge in [0.15, 0.2) is 0 Å². The fourth-order valence-electron chi connectivity index (χ4n) is 5.29. The maximum Gasteiger partial charge on any atom is 0.407 e. The van der Waals surface area contributed by atoms with Crippen molar-refractivity contribution in [2.45, 2.75) is 25.4 Å². The van der Waals surface area contributed by atoms with Gasteiger partial charge in [0, 0.05) is 55.6 Å². The Morgan fingerprint density at radius 1 is 1.03 bits per heavy atom. The van der Waals surface area contributed by atoms with Gasteiger partial charge in [-0.1, -0.05) is 12.1 Å². The predicted octanol–water partition coefficient (Wildman–Crippen LogP) is 4.59. The molecule has 2 fully saturated rings. The zero-order valence-corrected chi connectivity index (χ0v) is 21.3. The van der Waals surface area contributed by atoms with Gasteiger partial charge in [-0.25, -0.2) is 18.6 Å². The number of piperidine rings is 1. The molecule has 2 aromatic heterocycles. The number of fused-ring (bicyclic) bond motifs is 1. The van der Waals surface area contributed by atoms with Crippen LogP contribution in [0, 0.1) is 11.6 Å². The standard InChI is InChI=1S/C28H28F2N6O3/c29-23-12-18(13-24(30)22(23)17-34-8-10-39-11-9-34)21-2-1-3-25-27(21)33-26(15-31-25)19-14-32-36(16-19)20-4-6-35(7-5-20)28(37)38/h1-3,12-16,20H,4-11,17H2,(H,37,38). The van der Waals surface area contributed by atoms with Gasteiger partial charge in [0.1, 0.15) is 11.6 Å². The summed E-state index contributed by atoms with van der Waals surface area (Å²) in [6.07, 6.45) is 5.72. The monoisotopic (exact) mass is 534 g/mol. The molecule has 9 nitrogen and oxygen atoms in total. The minimum absolute atomic E-state index is 0.0502. The van der Waals surface area contributed by atoms with E-state index in [2.05, 4.69) is 10.1 Å². The number of rotatable bonds is 5. The van der Waals surface area contributed by atoms with Crippen molar-refractivity contribution in [3.05, 3.63) is 66.1 Å². The molecular weight excluding hydrogens is 506 g/mol. The summed E-state index contributed by atoms with van der Waals surface area (Å²) in [6.45, 7) is 3.52. The number of carbonyl (C=O) groups is 1. The minimum Gasteiger partial charge on any atom is -0.465 e. The van der Waals surface area contributed by atoms with Gasteiger partial charge in [-0.3, -0.25) is 14.6 Å². The maximum atomic E-state index is 15.2. The molecule has 0 bridgehead atoms. The Kier molecular flexibility index (Phi) is 6.92. The first-order valence-electron chi connectivity index (χ1n) is 13.0. The second kappa shape index (κ2) is 10.7. The second-order valence-electron chi connectivity index (χ2n) is 9.95. The van der Waals surface area contributed by atoms with Crippen molar-refractivity contribution in [3.63, 3.8) is 0 Å². The van der Waals surface area contributed by atoms with Crippen LogP contribution in [0.3, 0.4) is 0 Å². The molecule has 2 aliphatic rings. The molecule has 2 aromatic carbocycles. The van der Waals surface area contributed by atoms with Crippen LogP contribution in [-0.2, 0) is 11.3 Å². The van der Waals surface area contributed by atoms with Crippen molar-refractivity contribution in [3.8, 4) is 22.4 Å². The number of nitrogens with zero attached hydrogens (tertiary/aromatic N) is 6. The van der Waals surface area contributed by atoms with E-state index in [4.69, 9.17) is 9.72 Å². The van der Waals surface area contributed by atoms with E-state index >= 15 is 8.78 Å². The van der Waals surface area contributed by atoms with E-state index in [0.29, 0.717) is 80.1 Å². The zero-order chi connectivity index (χ0) is 26.9. The van der Waals surface area contributed by atoms with Crippen molar-refractivity contribution in [2.75, 3.05) is 39.4 Å². The van der Waals surface area contributed by atoms with Crippen molar-refractivity contribution in [1.82, 2.24) is 29.5 Å². The third kappa shape index (κ3) is 5.19. The smallest absolute Gasteiger partial charge is 0.407 e. The first-order chi connectivity index (χ1) is 19.0. The first-order valence-corrected chi connectivity index (χ1v) is 13.0. The Bertz CT molecular complexity index is 1490. The number of hydrogen-bond donors (Lipinski definition) is 1. The van der Waals surface area contributed by atoms with Crippen molar-refractivity contribution in [2.24, 2.45) is 0 Å². The molecule has 0 aliphatic carbocycles. The lowest BCUT2D eigenvalue weighted by atomic mass is 10.0. The Labute approximate surface area is 223 Å². The fourth-order valence-corrected chi connectivity index (χ4v) is 5.29. The highest BCUT2D eigenvalue weighted by Crippen LogP contribution is 2.32. The van der Waals surface area contributed by atoms with Gasteiger partial charge in [-0.05, 0) is 36.6 Å². The van der Waals surface area contributed by atoms with Crippen molar-refractivity contribution < 1.29 is 23.4 Å². The lowest BCUT2D eigenvalue weighted by molar-refractivity contribution is 0.0332. The van der Waals surface area contributed by atoms with Gasteiger partial charge >= 0.3 is 6.09 Å². The van der Waals surface area contributed by atoms with Crippen LogP contribution in [0.4, 0.5) is 13.6 Å². The van der Waals surface area contributed by atoms with Gasteiger partial charge in [0.25, 0.3) is 0 Å². The van der Waals surface area contributed by atoms with Crippen LogP contribution in [0.15, 0.2) is 48.9 Å². The maximum absolute atomic E-state index is 15.2. The van der Waals surface area contributed by atoms with Gasteiger partial charge in [-0.15, -0.1) is 0 Å². The van der Waals surface area contributed by atoms with Gasteiger partial charge < -0.3 is 14.7 Å². The SMILES string of the molecule is O=C(O)N1CCC(n2cc(-c3cnc4cccc(-c5cc(F)c(CN6CCOCC6)c(F)c5)c4n3)cn2)CC1. The van der Waals surface area contributed by atoms with E-state index in [1.807, 2.05) is 21.8 Å². The molecule has 11 heteroatoms. The number of halogens is 2. The number of aromatic nitrogens is 4. The summed E-state index contributed by atoms with van der Waals surface area (Å²) >= 11 is 0. The van der Waals surface area contributed by atoms with E-state index in [0.717, 1.165) is 5.56 Å². The second-order valence-corrected chi connectivity index (χ2v) is 9.95. The number of ether oxygens (including phenoxy) is 1. The number of benzene rings is 2. The summed E-state index contributed by atoms with van der Waals surface area (Å²) < 4.78 is 37.5. The molecule has 2 aliphatic heterocycles. The largest absolute Gasteiger partial charge is 0.465 e.